The van der Waals surface area contributed by atoms with E-state index in [9.17, 15) is 23.1 Å². The van der Waals surface area contributed by atoms with Crippen LogP contribution in [0.3, 0.4) is 0 Å². The topological polar surface area (TPSA) is 133 Å². The maximum Gasteiger partial charge on any atom is 0.261 e. The van der Waals surface area contributed by atoms with Crippen LogP contribution in [-0.2, 0) is 31.5 Å². The lowest BCUT2D eigenvalue weighted by Crippen LogP contribution is -2.81. The van der Waals surface area contributed by atoms with Crippen LogP contribution in [0.1, 0.15) is 48.8 Å². The smallest absolute Gasteiger partial charge is 0.261 e. The number of hydrogen-bond donors (Lipinski definition) is 3. The van der Waals surface area contributed by atoms with E-state index in [-0.39, 0.29) is 23.5 Å². The first-order valence-corrected chi connectivity index (χ1v) is 16.1. The predicted octanol–water partition coefficient (Wildman–Crippen LogP) is 3.52. The van der Waals surface area contributed by atoms with Gasteiger partial charge in [-0.2, -0.15) is 8.42 Å². The van der Waals surface area contributed by atoms with Crippen LogP contribution in [0.25, 0.3) is 6.08 Å². The number of phenols is 1. The normalized spacial score (nSPS) is 29.8. The van der Waals surface area contributed by atoms with E-state index in [1.807, 2.05) is 18.2 Å². The van der Waals surface area contributed by atoms with Crippen molar-refractivity contribution in [2.75, 3.05) is 19.3 Å². The largest absolute Gasteiger partial charge is 0.504 e. The second kappa shape index (κ2) is 10.1. The van der Waals surface area contributed by atoms with Crippen LogP contribution in [-0.4, -0.2) is 71.7 Å². The van der Waals surface area contributed by atoms with Crippen LogP contribution in [0.5, 0.6) is 11.5 Å². The summed E-state index contributed by atoms with van der Waals surface area (Å²) in [4.78, 5) is 29.4. The summed E-state index contributed by atoms with van der Waals surface area (Å²) in [6.45, 7) is 1.89. The molecule has 2 aromatic carbocycles. The van der Waals surface area contributed by atoms with Gasteiger partial charge in [-0.25, -0.2) is 0 Å². The van der Waals surface area contributed by atoms with Gasteiger partial charge in [0.2, 0.25) is 5.91 Å². The average Bonchev–Trinajstić information content (AvgIpc) is 3.64. The van der Waals surface area contributed by atoms with Crippen LogP contribution in [0.15, 0.2) is 42.5 Å². The van der Waals surface area contributed by atoms with Crippen LogP contribution in [0.2, 0.25) is 5.02 Å². The lowest BCUT2D eigenvalue weighted by atomic mass is 9.47. The minimum absolute atomic E-state index is 0.0643. The summed E-state index contributed by atoms with van der Waals surface area (Å²) < 4.78 is 32.2. The first-order valence-electron chi connectivity index (χ1n) is 13.9. The van der Waals surface area contributed by atoms with Gasteiger partial charge in [0.15, 0.2) is 23.4 Å². The number of hydrogen-bond acceptors (Lipinski definition) is 7. The summed E-state index contributed by atoms with van der Waals surface area (Å²) in [5.41, 5.74) is 1.66. The van der Waals surface area contributed by atoms with Crippen LogP contribution < -0.4 is 10.1 Å². The summed E-state index contributed by atoms with van der Waals surface area (Å²) in [5.74, 6) is 1.13. The molecule has 7 rings (SSSR count). The van der Waals surface area contributed by atoms with E-state index in [2.05, 4.69) is 10.2 Å². The number of likely N-dealkylation sites (tertiary alicyclic amines) is 1. The third-order valence-corrected chi connectivity index (χ3v) is 9.51. The Hall–Kier alpha value is -2.92. The monoisotopic (exact) mass is 600 g/mol. The fourth-order valence-corrected chi connectivity index (χ4v) is 7.70. The second-order valence-electron chi connectivity index (χ2n) is 11.9. The number of ketones is 1. The zero-order valence-electron chi connectivity index (χ0n) is 22.7. The van der Waals surface area contributed by atoms with Gasteiger partial charge in [-0.05, 0) is 80.0 Å². The Kier molecular flexibility index (Phi) is 6.96. The molecule has 4 atom stereocenters. The van der Waals surface area contributed by atoms with Crippen molar-refractivity contribution in [3.8, 4) is 11.5 Å². The number of ether oxygens (including phenoxy) is 1. The van der Waals surface area contributed by atoms with Crippen molar-refractivity contribution < 1.29 is 32.4 Å². The van der Waals surface area contributed by atoms with Crippen molar-refractivity contribution in [2.24, 2.45) is 5.92 Å². The number of amides is 1. The molecule has 2 aromatic rings. The Morgan fingerprint density at radius 1 is 1.20 bits per heavy atom. The first-order chi connectivity index (χ1) is 19.4. The van der Waals surface area contributed by atoms with Crippen molar-refractivity contribution in [2.45, 2.75) is 61.6 Å². The number of phenolic OH excluding ortho intramolecular Hbond substituents is 1. The van der Waals surface area contributed by atoms with Crippen molar-refractivity contribution in [3.63, 3.8) is 0 Å². The number of carbonyl (C=O) groups is 2. The third kappa shape index (κ3) is 4.94. The van der Waals surface area contributed by atoms with Crippen LogP contribution in [0, 0.1) is 5.92 Å². The number of aromatic hydroxyl groups is 1. The van der Waals surface area contributed by atoms with Gasteiger partial charge in [0.25, 0.3) is 10.1 Å². The Bertz CT molecular complexity index is 1530. The highest BCUT2D eigenvalue weighted by Crippen LogP contribution is 2.65. The third-order valence-electron chi connectivity index (χ3n) is 9.26. The Morgan fingerprint density at radius 3 is 2.59 bits per heavy atom. The molecule has 41 heavy (non-hydrogen) atoms. The van der Waals surface area contributed by atoms with Crippen molar-refractivity contribution in [1.29, 1.82) is 0 Å². The number of carbonyl (C=O) groups excluding carboxylic acids is 2. The van der Waals surface area contributed by atoms with Gasteiger partial charge >= 0.3 is 0 Å². The predicted molar refractivity (Wildman–Crippen MR) is 154 cm³/mol. The lowest BCUT2D eigenvalue weighted by molar-refractivity contribution is -0.148. The fraction of sp³-hybridized carbons (Fsp3) is 0.467. The molecular formula is C30H33ClN2O7S. The molecule has 0 radical (unpaired) electrons. The van der Waals surface area contributed by atoms with E-state index < -0.39 is 27.2 Å². The highest BCUT2D eigenvalue weighted by molar-refractivity contribution is 7.85. The van der Waals surface area contributed by atoms with E-state index in [4.69, 9.17) is 20.9 Å². The summed E-state index contributed by atoms with van der Waals surface area (Å²) in [6.07, 6.45) is 8.34. The van der Waals surface area contributed by atoms with Crippen molar-refractivity contribution in [3.05, 3.63) is 64.2 Å². The molecule has 2 saturated carbocycles. The Balaban J connectivity index is 0.000000559. The molecule has 1 saturated heterocycles. The number of Topliss-reactive ketones (excluding diaryl/α,β-unsaturated/α-hetero) is 1. The van der Waals surface area contributed by atoms with Crippen LogP contribution >= 0.6 is 11.6 Å². The number of piperidine rings is 1. The first kappa shape index (κ1) is 28.2. The van der Waals surface area contributed by atoms with Gasteiger partial charge in [-0.15, -0.1) is 0 Å². The van der Waals surface area contributed by atoms with Gasteiger partial charge in [-0.1, -0.05) is 29.8 Å². The molecule has 2 aliphatic heterocycles. The van der Waals surface area contributed by atoms with Gasteiger partial charge < -0.3 is 15.2 Å². The van der Waals surface area contributed by atoms with Crippen molar-refractivity contribution >= 4 is 39.5 Å². The molecule has 0 unspecified atom stereocenters. The molecular weight excluding hydrogens is 568 g/mol. The molecule has 1 amide bonds. The van der Waals surface area contributed by atoms with Crippen molar-refractivity contribution in [1.82, 2.24) is 10.2 Å². The molecule has 0 aromatic heterocycles. The summed E-state index contributed by atoms with van der Waals surface area (Å²) in [5, 5.41) is 14.8. The zero-order valence-corrected chi connectivity index (χ0v) is 24.2. The fourth-order valence-electron chi connectivity index (χ4n) is 7.57. The van der Waals surface area contributed by atoms with E-state index in [0.717, 1.165) is 42.6 Å². The van der Waals surface area contributed by atoms with E-state index in [0.29, 0.717) is 35.8 Å². The van der Waals surface area contributed by atoms with E-state index in [1.165, 1.54) is 12.8 Å². The molecule has 3 fully saturated rings. The van der Waals surface area contributed by atoms with Gasteiger partial charge in [0, 0.05) is 35.7 Å². The minimum Gasteiger partial charge on any atom is -0.504 e. The minimum atomic E-state index is -3.67. The molecule has 3 N–H and O–H groups in total. The van der Waals surface area contributed by atoms with Gasteiger partial charge in [0.05, 0.1) is 17.2 Å². The summed E-state index contributed by atoms with van der Waals surface area (Å²) in [6, 6.07) is 11.1. The molecule has 218 valence electrons. The number of nitrogens with one attached hydrogen (secondary N) is 1. The van der Waals surface area contributed by atoms with E-state index in [1.54, 1.807) is 30.4 Å². The summed E-state index contributed by atoms with van der Waals surface area (Å²) >= 11 is 6.00. The molecule has 2 bridgehead atoms. The average molecular weight is 601 g/mol. The Labute approximate surface area is 244 Å². The van der Waals surface area contributed by atoms with Gasteiger partial charge in [-0.3, -0.25) is 19.0 Å². The number of benzene rings is 2. The maximum atomic E-state index is 13.5. The number of nitrogens with zero attached hydrogens (tertiary/aromatic N) is 1. The van der Waals surface area contributed by atoms with E-state index >= 15 is 0 Å². The quantitative estimate of drug-likeness (QED) is 0.351. The van der Waals surface area contributed by atoms with Crippen LogP contribution in [0.4, 0.5) is 0 Å². The maximum absolute atomic E-state index is 13.5. The molecule has 3 aliphatic carbocycles. The standard InChI is InChI=1S/C29H29ClN2O4.CH4O3S/c30-20-7-3-17(4-8-20)5-10-24(35)31-29-12-11-22(34)27-28(29)13-14-32(16-18-1-2-18)23(29)15-19-6-9-21(33)26(36-27)25(19)28;1-5(2,3)4/h3-10,18,23,27,33H,1-2,11-16H2,(H,31,35);1H3,(H,2,3,4)/t23-,27+,28+,29-;/m1./s1. The second-order valence-corrected chi connectivity index (χ2v) is 13.8. The Morgan fingerprint density at radius 2 is 1.90 bits per heavy atom. The lowest BCUT2D eigenvalue weighted by Gasteiger charge is -2.65. The summed E-state index contributed by atoms with van der Waals surface area (Å²) in [7, 11) is -3.67. The SMILES string of the molecule is CS(=O)(=O)O.O=C(C=Cc1ccc(Cl)cc1)N[C@@]12CCC(=O)[C@@H]3Oc4c(O)ccc5c4[C@@]31CCN(CC1CC1)[C@@H]2C5. The number of rotatable bonds is 5. The molecule has 9 nitrogen and oxygen atoms in total. The van der Waals surface area contributed by atoms with Gasteiger partial charge in [0.1, 0.15) is 0 Å². The molecule has 2 heterocycles. The highest BCUT2D eigenvalue weighted by atomic mass is 35.5. The molecule has 1 spiro atoms. The molecule has 5 aliphatic rings. The highest BCUT2D eigenvalue weighted by Gasteiger charge is 2.73. The zero-order chi connectivity index (χ0) is 29.2. The molecule has 11 heteroatoms. The number of halogens is 1.